The average Bonchev–Trinajstić information content (AvgIpc) is 2.95. The maximum absolute atomic E-state index is 12.0. The third-order valence-electron chi connectivity index (χ3n) is 3.73. The number of carbonyl (C=O) groups is 2. The van der Waals surface area contributed by atoms with Crippen LogP contribution in [0.1, 0.15) is 43.0 Å². The minimum absolute atomic E-state index is 0.192. The van der Waals surface area contributed by atoms with Crippen molar-refractivity contribution in [3.63, 3.8) is 0 Å². The quantitative estimate of drug-likeness (QED) is 0.846. The molecule has 0 bridgehead atoms. The van der Waals surface area contributed by atoms with Crippen LogP contribution in [0.2, 0.25) is 5.02 Å². The first kappa shape index (κ1) is 16.3. The molecule has 1 fully saturated rings. The molecule has 22 heavy (non-hydrogen) atoms. The van der Waals surface area contributed by atoms with Crippen molar-refractivity contribution < 1.29 is 14.3 Å². The zero-order valence-corrected chi connectivity index (χ0v) is 13.1. The maximum atomic E-state index is 12.0. The van der Waals surface area contributed by atoms with Gasteiger partial charge in [0.05, 0.1) is 11.6 Å². The van der Waals surface area contributed by atoms with Gasteiger partial charge in [0.25, 0.3) is 5.91 Å². The van der Waals surface area contributed by atoms with Crippen molar-refractivity contribution in [2.75, 3.05) is 6.61 Å². The molecule has 5 nitrogen and oxygen atoms in total. The minimum Gasteiger partial charge on any atom is -0.483 e. The number of benzene rings is 1. The van der Waals surface area contributed by atoms with E-state index in [0.29, 0.717) is 29.2 Å². The molecule has 0 heterocycles. The monoisotopic (exact) mass is 320 g/mol. The number of hydrogen-bond donors (Lipinski definition) is 1. The molecule has 2 rings (SSSR count). The van der Waals surface area contributed by atoms with E-state index in [9.17, 15) is 14.9 Å². The smallest absolute Gasteiger partial charge is 0.259 e. The number of hydrogen-bond acceptors (Lipinski definition) is 4. The van der Waals surface area contributed by atoms with Crippen molar-refractivity contribution in [2.24, 2.45) is 0 Å². The largest absolute Gasteiger partial charge is 0.483 e. The highest BCUT2D eigenvalue weighted by atomic mass is 35.5. The molecule has 0 aliphatic heterocycles. The summed E-state index contributed by atoms with van der Waals surface area (Å²) in [7, 11) is 0. The van der Waals surface area contributed by atoms with Crippen molar-refractivity contribution in [1.29, 1.82) is 5.26 Å². The Balaban J connectivity index is 2.00. The highest BCUT2D eigenvalue weighted by molar-refractivity contribution is 6.31. The molecule has 0 radical (unpaired) electrons. The van der Waals surface area contributed by atoms with Crippen molar-refractivity contribution in [3.8, 4) is 11.8 Å². The van der Waals surface area contributed by atoms with Crippen LogP contribution in [-0.4, -0.2) is 23.8 Å². The average molecular weight is 321 g/mol. The molecule has 1 aromatic rings. The highest BCUT2D eigenvalue weighted by Crippen LogP contribution is 2.29. The Hall–Kier alpha value is -2.06. The molecule has 1 N–H and O–H groups in total. The molecule has 1 amide bonds. The summed E-state index contributed by atoms with van der Waals surface area (Å²) in [6, 6.07) is 6.84. The summed E-state index contributed by atoms with van der Waals surface area (Å²) in [5.41, 5.74) is -0.444. The number of Topliss-reactive ketones (excluding diaryl/α,β-unsaturated/α-hetero) is 1. The number of halogens is 1. The molecular formula is C16H17ClN2O3. The number of rotatable bonds is 5. The van der Waals surface area contributed by atoms with E-state index >= 15 is 0 Å². The molecule has 0 spiro atoms. The lowest BCUT2D eigenvalue weighted by atomic mass is 10.00. The number of nitrogens with one attached hydrogen (secondary N) is 1. The maximum Gasteiger partial charge on any atom is 0.259 e. The lowest BCUT2D eigenvalue weighted by Crippen LogP contribution is -2.47. The van der Waals surface area contributed by atoms with Crippen LogP contribution in [0, 0.1) is 11.3 Å². The fraction of sp³-hybridized carbons (Fsp3) is 0.438. The summed E-state index contributed by atoms with van der Waals surface area (Å²) in [6.07, 6.45) is 3.19. The van der Waals surface area contributed by atoms with E-state index in [2.05, 4.69) is 11.4 Å². The van der Waals surface area contributed by atoms with Gasteiger partial charge in [-0.15, -0.1) is 0 Å². The number of amides is 1. The van der Waals surface area contributed by atoms with Gasteiger partial charge in [-0.05, 0) is 50.8 Å². The zero-order chi connectivity index (χ0) is 16.2. The van der Waals surface area contributed by atoms with Crippen LogP contribution in [0.4, 0.5) is 0 Å². The van der Waals surface area contributed by atoms with E-state index < -0.39 is 5.54 Å². The number of nitrogens with zero attached hydrogens (tertiary/aromatic N) is 1. The van der Waals surface area contributed by atoms with E-state index in [1.807, 2.05) is 0 Å². The lowest BCUT2D eigenvalue weighted by molar-refractivity contribution is -0.124. The third-order valence-corrected chi connectivity index (χ3v) is 3.96. The summed E-state index contributed by atoms with van der Waals surface area (Å²) >= 11 is 5.85. The second-order valence-electron chi connectivity index (χ2n) is 5.43. The first-order valence-electron chi connectivity index (χ1n) is 7.11. The summed E-state index contributed by atoms with van der Waals surface area (Å²) < 4.78 is 5.41. The molecule has 1 aliphatic rings. The standard InChI is InChI=1S/C16H17ClN2O3/c1-11(20)13-8-12(17)4-5-14(13)22-9-15(21)19-16(10-18)6-2-3-7-16/h4-5,8H,2-3,6-7,9H2,1H3,(H,19,21). The second kappa shape index (κ2) is 6.80. The van der Waals surface area contributed by atoms with Crippen molar-refractivity contribution in [2.45, 2.75) is 38.1 Å². The van der Waals surface area contributed by atoms with E-state index in [-0.39, 0.29) is 18.3 Å². The fourth-order valence-electron chi connectivity index (χ4n) is 2.59. The topological polar surface area (TPSA) is 79.2 Å². The molecule has 0 aromatic heterocycles. The lowest BCUT2D eigenvalue weighted by Gasteiger charge is -2.22. The highest BCUT2D eigenvalue weighted by Gasteiger charge is 2.35. The molecule has 1 aliphatic carbocycles. The van der Waals surface area contributed by atoms with Crippen LogP contribution in [0.15, 0.2) is 18.2 Å². The van der Waals surface area contributed by atoms with Gasteiger partial charge in [-0.1, -0.05) is 11.6 Å². The molecule has 0 unspecified atom stereocenters. The van der Waals surface area contributed by atoms with Gasteiger partial charge in [-0.25, -0.2) is 0 Å². The molecule has 0 atom stereocenters. The van der Waals surface area contributed by atoms with Crippen molar-refractivity contribution in [3.05, 3.63) is 28.8 Å². The SMILES string of the molecule is CC(=O)c1cc(Cl)ccc1OCC(=O)NC1(C#N)CCCC1. The Kier molecular flexibility index (Phi) is 5.04. The predicted octanol–water partition coefficient (Wildman–Crippen LogP) is 2.87. The summed E-state index contributed by atoms with van der Waals surface area (Å²) in [4.78, 5) is 23.5. The molecule has 1 saturated carbocycles. The Morgan fingerprint density at radius 2 is 2.09 bits per heavy atom. The number of ketones is 1. The Labute approximate surface area is 134 Å². The normalized spacial score (nSPS) is 15.9. The fourth-order valence-corrected chi connectivity index (χ4v) is 2.76. The number of ether oxygens (including phenoxy) is 1. The Bertz CT molecular complexity index is 631. The van der Waals surface area contributed by atoms with Crippen molar-refractivity contribution >= 4 is 23.3 Å². The minimum atomic E-state index is -0.774. The van der Waals surface area contributed by atoms with Gasteiger partial charge in [0.15, 0.2) is 12.4 Å². The van der Waals surface area contributed by atoms with Crippen molar-refractivity contribution in [1.82, 2.24) is 5.32 Å². The first-order valence-corrected chi connectivity index (χ1v) is 7.49. The van der Waals surface area contributed by atoms with E-state index in [0.717, 1.165) is 12.8 Å². The van der Waals surface area contributed by atoms with Gasteiger partial charge in [0, 0.05) is 5.02 Å². The van der Waals surface area contributed by atoms with E-state index in [1.54, 1.807) is 12.1 Å². The van der Waals surface area contributed by atoms with Crippen LogP contribution in [-0.2, 0) is 4.79 Å². The van der Waals surface area contributed by atoms with E-state index in [4.69, 9.17) is 16.3 Å². The second-order valence-corrected chi connectivity index (χ2v) is 5.87. The summed E-state index contributed by atoms with van der Waals surface area (Å²) in [5.74, 6) is -0.250. The van der Waals surface area contributed by atoms with Gasteiger partial charge in [-0.3, -0.25) is 9.59 Å². The molecule has 116 valence electrons. The summed E-state index contributed by atoms with van der Waals surface area (Å²) in [6.45, 7) is 1.16. The van der Waals surface area contributed by atoms with Crippen LogP contribution in [0.3, 0.4) is 0 Å². The van der Waals surface area contributed by atoms with Gasteiger partial charge in [0.1, 0.15) is 11.3 Å². The molecular weight excluding hydrogens is 304 g/mol. The van der Waals surface area contributed by atoms with Crippen LogP contribution in [0.25, 0.3) is 0 Å². The molecule has 6 heteroatoms. The first-order chi connectivity index (χ1) is 10.5. The zero-order valence-electron chi connectivity index (χ0n) is 12.3. The third kappa shape index (κ3) is 3.77. The van der Waals surface area contributed by atoms with Crippen LogP contribution >= 0.6 is 11.6 Å². The molecule has 1 aromatic carbocycles. The van der Waals surface area contributed by atoms with Gasteiger partial charge in [-0.2, -0.15) is 5.26 Å². The Morgan fingerprint density at radius 1 is 1.41 bits per heavy atom. The Morgan fingerprint density at radius 3 is 2.68 bits per heavy atom. The van der Waals surface area contributed by atoms with Crippen LogP contribution < -0.4 is 10.1 Å². The van der Waals surface area contributed by atoms with E-state index in [1.165, 1.54) is 13.0 Å². The van der Waals surface area contributed by atoms with Crippen LogP contribution in [0.5, 0.6) is 5.75 Å². The van der Waals surface area contributed by atoms with Gasteiger partial charge >= 0.3 is 0 Å². The van der Waals surface area contributed by atoms with Gasteiger partial charge < -0.3 is 10.1 Å². The predicted molar refractivity (Wildman–Crippen MR) is 81.9 cm³/mol. The number of nitriles is 1. The number of carbonyl (C=O) groups excluding carboxylic acids is 2. The summed E-state index contributed by atoms with van der Waals surface area (Å²) in [5, 5.41) is 12.4. The molecule has 0 saturated heterocycles. The van der Waals surface area contributed by atoms with Gasteiger partial charge in [0.2, 0.25) is 0 Å².